The molecule has 0 amide bonds. The monoisotopic (exact) mass is 264 g/mol. The van der Waals surface area contributed by atoms with Gasteiger partial charge in [0.05, 0.1) is 6.61 Å². The van der Waals surface area contributed by atoms with E-state index in [0.717, 1.165) is 32.6 Å². The quantitative estimate of drug-likeness (QED) is 0.696. The van der Waals surface area contributed by atoms with Crippen molar-refractivity contribution >= 4 is 0 Å². The van der Waals surface area contributed by atoms with Crippen LogP contribution in [-0.2, 0) is 11.2 Å². The predicted octanol–water partition coefficient (Wildman–Crippen LogP) is 2.30. The second-order valence-corrected chi connectivity index (χ2v) is 5.06. The highest BCUT2D eigenvalue weighted by molar-refractivity contribution is 5.18. The normalized spacial score (nSPS) is 14.6. The Morgan fingerprint density at radius 1 is 1.21 bits per heavy atom. The maximum Gasteiger partial charge on any atom is 0.0593 e. The smallest absolute Gasteiger partial charge is 0.0593 e. The van der Waals surface area contributed by atoms with E-state index >= 15 is 0 Å². The molecular formula is C16H28N2O. The Balaban J connectivity index is 2.72. The minimum Gasteiger partial charge on any atom is -0.380 e. The molecule has 0 heterocycles. The van der Waals surface area contributed by atoms with Crippen molar-refractivity contribution in [1.29, 1.82) is 0 Å². The third-order valence-electron chi connectivity index (χ3n) is 4.00. The summed E-state index contributed by atoms with van der Waals surface area (Å²) < 4.78 is 5.46. The molecule has 19 heavy (non-hydrogen) atoms. The summed E-state index contributed by atoms with van der Waals surface area (Å²) in [6, 6.07) is 10.6. The summed E-state index contributed by atoms with van der Waals surface area (Å²) in [5, 5.41) is 0. The Bertz CT molecular complexity index is 336. The topological polar surface area (TPSA) is 38.5 Å². The van der Waals surface area contributed by atoms with Crippen LogP contribution in [0, 0.1) is 0 Å². The van der Waals surface area contributed by atoms with Gasteiger partial charge in [-0.3, -0.25) is 4.90 Å². The molecule has 0 fully saturated rings. The molecule has 0 aliphatic rings. The number of likely N-dealkylation sites (N-methyl/N-ethyl adjacent to an activating group) is 1. The zero-order chi connectivity index (χ0) is 14.1. The number of ether oxygens (including phenoxy) is 1. The van der Waals surface area contributed by atoms with Crippen molar-refractivity contribution < 1.29 is 4.74 Å². The third kappa shape index (κ3) is 4.60. The summed E-state index contributed by atoms with van der Waals surface area (Å²) in [5.74, 6) is 0. The summed E-state index contributed by atoms with van der Waals surface area (Å²) >= 11 is 0. The molecule has 108 valence electrons. The van der Waals surface area contributed by atoms with E-state index < -0.39 is 0 Å². The Kier molecular flexibility index (Phi) is 7.06. The van der Waals surface area contributed by atoms with E-state index in [1.165, 1.54) is 5.56 Å². The van der Waals surface area contributed by atoms with Crippen molar-refractivity contribution in [2.75, 3.05) is 33.4 Å². The fraction of sp³-hybridized carbons (Fsp3) is 0.625. The molecule has 0 saturated heterocycles. The van der Waals surface area contributed by atoms with Crippen LogP contribution in [0.15, 0.2) is 30.3 Å². The second kappa shape index (κ2) is 8.31. The zero-order valence-electron chi connectivity index (χ0n) is 12.6. The minimum atomic E-state index is 0.0262. The van der Waals surface area contributed by atoms with Crippen LogP contribution in [-0.4, -0.2) is 43.8 Å². The van der Waals surface area contributed by atoms with Gasteiger partial charge in [-0.25, -0.2) is 0 Å². The van der Waals surface area contributed by atoms with Gasteiger partial charge in [-0.15, -0.1) is 0 Å². The van der Waals surface area contributed by atoms with Crippen molar-refractivity contribution in [2.24, 2.45) is 5.73 Å². The van der Waals surface area contributed by atoms with Crippen molar-refractivity contribution in [3.8, 4) is 0 Å². The number of hydrogen-bond acceptors (Lipinski definition) is 3. The van der Waals surface area contributed by atoms with Crippen LogP contribution in [0.3, 0.4) is 0 Å². The molecule has 2 N–H and O–H groups in total. The van der Waals surface area contributed by atoms with Gasteiger partial charge in [-0.2, -0.15) is 0 Å². The SMILES string of the molecule is CCOCCN(C)C(CC)(CN)Cc1ccccc1. The summed E-state index contributed by atoms with van der Waals surface area (Å²) in [5.41, 5.74) is 7.46. The maximum absolute atomic E-state index is 6.09. The van der Waals surface area contributed by atoms with Crippen LogP contribution in [0.1, 0.15) is 25.8 Å². The van der Waals surface area contributed by atoms with Crippen molar-refractivity contribution in [3.63, 3.8) is 0 Å². The van der Waals surface area contributed by atoms with Gasteiger partial charge in [-0.1, -0.05) is 37.3 Å². The van der Waals surface area contributed by atoms with E-state index in [4.69, 9.17) is 10.5 Å². The average molecular weight is 264 g/mol. The Morgan fingerprint density at radius 3 is 2.42 bits per heavy atom. The van der Waals surface area contributed by atoms with Gasteiger partial charge in [0, 0.05) is 25.2 Å². The zero-order valence-corrected chi connectivity index (χ0v) is 12.6. The van der Waals surface area contributed by atoms with Gasteiger partial charge in [-0.05, 0) is 32.4 Å². The first-order chi connectivity index (χ1) is 9.18. The fourth-order valence-electron chi connectivity index (χ4n) is 2.46. The molecule has 1 rings (SSSR count). The lowest BCUT2D eigenvalue weighted by atomic mass is 9.86. The van der Waals surface area contributed by atoms with Crippen LogP contribution < -0.4 is 5.73 Å². The molecule has 0 radical (unpaired) electrons. The van der Waals surface area contributed by atoms with Gasteiger partial charge in [0.15, 0.2) is 0 Å². The molecule has 0 bridgehead atoms. The van der Waals surface area contributed by atoms with Gasteiger partial charge < -0.3 is 10.5 Å². The van der Waals surface area contributed by atoms with Crippen molar-refractivity contribution in [3.05, 3.63) is 35.9 Å². The molecule has 0 aliphatic heterocycles. The van der Waals surface area contributed by atoms with E-state index in [2.05, 4.69) is 49.2 Å². The number of rotatable bonds is 9. The van der Waals surface area contributed by atoms with Crippen LogP contribution in [0.2, 0.25) is 0 Å². The molecule has 1 aromatic carbocycles. The van der Waals surface area contributed by atoms with E-state index in [1.54, 1.807) is 0 Å². The lowest BCUT2D eigenvalue weighted by Gasteiger charge is -2.41. The van der Waals surface area contributed by atoms with Gasteiger partial charge in [0.1, 0.15) is 0 Å². The Labute approximate surface area is 117 Å². The third-order valence-corrected chi connectivity index (χ3v) is 4.00. The molecule has 3 heteroatoms. The van der Waals surface area contributed by atoms with E-state index in [9.17, 15) is 0 Å². The van der Waals surface area contributed by atoms with Gasteiger partial charge in [0.2, 0.25) is 0 Å². The predicted molar refractivity (Wildman–Crippen MR) is 81.3 cm³/mol. The molecule has 3 nitrogen and oxygen atoms in total. The van der Waals surface area contributed by atoms with Crippen molar-refractivity contribution in [1.82, 2.24) is 4.90 Å². The van der Waals surface area contributed by atoms with Crippen molar-refractivity contribution in [2.45, 2.75) is 32.2 Å². The van der Waals surface area contributed by atoms with Crippen LogP contribution in [0.5, 0.6) is 0 Å². The first-order valence-electron chi connectivity index (χ1n) is 7.21. The molecule has 1 unspecified atom stereocenters. The number of nitrogens with zero attached hydrogens (tertiary/aromatic N) is 1. The lowest BCUT2D eigenvalue weighted by Crippen LogP contribution is -2.54. The summed E-state index contributed by atoms with van der Waals surface area (Å²) in [6.45, 7) is 7.37. The Morgan fingerprint density at radius 2 is 1.89 bits per heavy atom. The average Bonchev–Trinajstić information content (AvgIpc) is 2.46. The minimum absolute atomic E-state index is 0.0262. The Hall–Kier alpha value is -0.900. The van der Waals surface area contributed by atoms with E-state index in [0.29, 0.717) is 6.54 Å². The van der Waals surface area contributed by atoms with Crippen LogP contribution in [0.25, 0.3) is 0 Å². The first kappa shape index (κ1) is 16.2. The van der Waals surface area contributed by atoms with E-state index in [1.807, 2.05) is 6.92 Å². The summed E-state index contributed by atoms with van der Waals surface area (Å²) in [6.07, 6.45) is 2.03. The van der Waals surface area contributed by atoms with Gasteiger partial charge >= 0.3 is 0 Å². The first-order valence-corrected chi connectivity index (χ1v) is 7.21. The molecule has 0 aromatic heterocycles. The summed E-state index contributed by atoms with van der Waals surface area (Å²) in [4.78, 5) is 2.36. The van der Waals surface area contributed by atoms with E-state index in [-0.39, 0.29) is 5.54 Å². The highest BCUT2D eigenvalue weighted by Crippen LogP contribution is 2.22. The fourth-order valence-corrected chi connectivity index (χ4v) is 2.46. The highest BCUT2D eigenvalue weighted by atomic mass is 16.5. The number of hydrogen-bond donors (Lipinski definition) is 1. The maximum atomic E-state index is 6.09. The second-order valence-electron chi connectivity index (χ2n) is 5.06. The number of nitrogens with two attached hydrogens (primary N) is 1. The molecular weight excluding hydrogens is 236 g/mol. The van der Waals surface area contributed by atoms with Gasteiger partial charge in [0.25, 0.3) is 0 Å². The van der Waals surface area contributed by atoms with Crippen LogP contribution >= 0.6 is 0 Å². The number of benzene rings is 1. The molecule has 0 saturated carbocycles. The summed E-state index contributed by atoms with van der Waals surface area (Å²) in [7, 11) is 2.15. The van der Waals surface area contributed by atoms with Crippen LogP contribution in [0.4, 0.5) is 0 Å². The largest absolute Gasteiger partial charge is 0.380 e. The molecule has 0 spiro atoms. The standard InChI is InChI=1S/C16H28N2O/c1-4-16(14-17,18(3)11-12-19-5-2)13-15-9-7-6-8-10-15/h6-10H,4-5,11-14,17H2,1-3H3. The molecule has 1 aromatic rings. The highest BCUT2D eigenvalue weighted by Gasteiger charge is 2.31. The molecule has 0 aliphatic carbocycles. The lowest BCUT2D eigenvalue weighted by molar-refractivity contribution is 0.0649. The molecule has 1 atom stereocenters.